The van der Waals surface area contributed by atoms with Crippen LogP contribution in [0, 0.1) is 0 Å². The number of ether oxygens (including phenoxy) is 1. The molecule has 0 fully saturated rings. The molecule has 0 spiro atoms. The molecule has 4 aromatic rings. The maximum absolute atomic E-state index is 13.5. The number of benzene rings is 3. The number of rotatable bonds is 7. The van der Waals surface area contributed by atoms with Gasteiger partial charge in [-0.2, -0.15) is 0 Å². The van der Waals surface area contributed by atoms with Crippen LogP contribution in [-0.2, 0) is 9.53 Å². The molecular weight excluding hydrogens is 418 g/mol. The first kappa shape index (κ1) is 21.5. The van der Waals surface area contributed by atoms with Crippen LogP contribution in [0.3, 0.4) is 0 Å². The van der Waals surface area contributed by atoms with Crippen molar-refractivity contribution in [1.82, 2.24) is 0 Å². The normalized spacial score (nSPS) is 10.7. The zero-order valence-electron chi connectivity index (χ0n) is 17.7. The minimum absolute atomic E-state index is 0.200. The molecule has 0 saturated carbocycles. The lowest BCUT2D eigenvalue weighted by Gasteiger charge is -2.18. The third-order valence-electron chi connectivity index (χ3n) is 5.05. The quantitative estimate of drug-likeness (QED) is 0.339. The Morgan fingerprint density at radius 2 is 1.38 bits per heavy atom. The first-order chi connectivity index (χ1) is 15.7. The minimum atomic E-state index is -0.505. The Labute approximate surface area is 191 Å². The van der Waals surface area contributed by atoms with Crippen molar-refractivity contribution in [3.8, 4) is 10.4 Å². The predicted octanol–water partition coefficient (Wildman–Crippen LogP) is 6.36. The second-order valence-electron chi connectivity index (χ2n) is 7.18. The first-order valence-corrected chi connectivity index (χ1v) is 11.3. The zero-order valence-corrected chi connectivity index (χ0v) is 18.5. The Morgan fingerprint density at radius 1 is 0.844 bits per heavy atom. The largest absolute Gasteiger partial charge is 0.462 e. The number of anilines is 1. The van der Waals surface area contributed by atoms with Crippen LogP contribution < -0.4 is 5.32 Å². The summed E-state index contributed by atoms with van der Waals surface area (Å²) >= 11 is 1.37. The minimum Gasteiger partial charge on any atom is -0.462 e. The molecule has 0 aliphatic heterocycles. The van der Waals surface area contributed by atoms with Gasteiger partial charge in [0.25, 0.3) is 0 Å². The Bertz CT molecular complexity index is 1150. The summed E-state index contributed by atoms with van der Waals surface area (Å²) in [6.45, 7) is 2.03. The average molecular weight is 442 g/mol. The fourth-order valence-corrected chi connectivity index (χ4v) is 4.61. The highest BCUT2D eigenvalue weighted by atomic mass is 32.1. The van der Waals surface area contributed by atoms with Crippen LogP contribution in [0.2, 0.25) is 0 Å². The van der Waals surface area contributed by atoms with E-state index in [-0.39, 0.29) is 12.5 Å². The summed E-state index contributed by atoms with van der Waals surface area (Å²) in [6.07, 6.45) is 0. The SMILES string of the molecule is CCOC(=O)c1cc(-c2ccccc2)sc1NC(=O)C(c1ccccc1)c1ccccc1. The van der Waals surface area contributed by atoms with E-state index in [2.05, 4.69) is 5.32 Å². The monoisotopic (exact) mass is 441 g/mol. The smallest absolute Gasteiger partial charge is 0.341 e. The molecule has 0 bridgehead atoms. The predicted molar refractivity (Wildman–Crippen MR) is 129 cm³/mol. The van der Waals surface area contributed by atoms with Crippen molar-refractivity contribution in [3.05, 3.63) is 114 Å². The van der Waals surface area contributed by atoms with Gasteiger partial charge >= 0.3 is 5.97 Å². The highest BCUT2D eigenvalue weighted by Crippen LogP contribution is 2.37. The van der Waals surface area contributed by atoms with Gasteiger partial charge in [-0.3, -0.25) is 4.79 Å². The molecule has 1 N–H and O–H groups in total. The van der Waals surface area contributed by atoms with Gasteiger partial charge in [0.15, 0.2) is 0 Å². The van der Waals surface area contributed by atoms with Crippen LogP contribution in [0.25, 0.3) is 10.4 Å². The van der Waals surface area contributed by atoms with E-state index in [9.17, 15) is 9.59 Å². The van der Waals surface area contributed by atoms with Crippen LogP contribution in [0.1, 0.15) is 34.3 Å². The van der Waals surface area contributed by atoms with Crippen LogP contribution in [0.5, 0.6) is 0 Å². The van der Waals surface area contributed by atoms with Gasteiger partial charge in [-0.15, -0.1) is 11.3 Å². The lowest BCUT2D eigenvalue weighted by Crippen LogP contribution is -2.22. The number of hydrogen-bond acceptors (Lipinski definition) is 4. The van der Waals surface area contributed by atoms with E-state index in [0.29, 0.717) is 10.6 Å². The Morgan fingerprint density at radius 3 is 1.91 bits per heavy atom. The number of nitrogens with one attached hydrogen (secondary N) is 1. The van der Waals surface area contributed by atoms with Crippen molar-refractivity contribution in [2.45, 2.75) is 12.8 Å². The summed E-state index contributed by atoms with van der Waals surface area (Å²) in [5.74, 6) is -1.15. The summed E-state index contributed by atoms with van der Waals surface area (Å²) in [5, 5.41) is 3.51. The maximum Gasteiger partial charge on any atom is 0.341 e. The molecule has 5 heteroatoms. The van der Waals surface area contributed by atoms with Crippen LogP contribution >= 0.6 is 11.3 Å². The fraction of sp³-hybridized carbons (Fsp3) is 0.111. The first-order valence-electron chi connectivity index (χ1n) is 10.4. The van der Waals surface area contributed by atoms with Crippen LogP contribution in [0.15, 0.2) is 97.1 Å². The number of carbonyl (C=O) groups is 2. The van der Waals surface area contributed by atoms with E-state index in [0.717, 1.165) is 21.6 Å². The van der Waals surface area contributed by atoms with E-state index in [4.69, 9.17) is 4.74 Å². The van der Waals surface area contributed by atoms with Gasteiger partial charge in [-0.05, 0) is 29.7 Å². The summed E-state index contributed by atoms with van der Waals surface area (Å²) in [5.41, 5.74) is 3.11. The second kappa shape index (κ2) is 10.1. The van der Waals surface area contributed by atoms with Crippen LogP contribution in [-0.4, -0.2) is 18.5 Å². The maximum atomic E-state index is 13.5. The molecule has 32 heavy (non-hydrogen) atoms. The highest BCUT2D eigenvalue weighted by Gasteiger charge is 2.26. The third kappa shape index (κ3) is 4.79. The highest BCUT2D eigenvalue weighted by molar-refractivity contribution is 7.20. The Hall–Kier alpha value is -3.70. The second-order valence-corrected chi connectivity index (χ2v) is 8.24. The Kier molecular flexibility index (Phi) is 6.78. The molecule has 0 unspecified atom stereocenters. The van der Waals surface area contributed by atoms with Gasteiger partial charge in [0.1, 0.15) is 5.00 Å². The molecule has 3 aromatic carbocycles. The van der Waals surface area contributed by atoms with Crippen molar-refractivity contribution >= 4 is 28.2 Å². The van der Waals surface area contributed by atoms with Crippen molar-refractivity contribution in [1.29, 1.82) is 0 Å². The third-order valence-corrected chi connectivity index (χ3v) is 6.15. The number of hydrogen-bond donors (Lipinski definition) is 1. The van der Waals surface area contributed by atoms with Gasteiger partial charge in [-0.1, -0.05) is 91.0 Å². The summed E-state index contributed by atoms with van der Waals surface area (Å²) in [4.78, 5) is 27.1. The molecule has 0 saturated heterocycles. The molecule has 0 aliphatic rings. The Balaban J connectivity index is 1.71. The van der Waals surface area contributed by atoms with Crippen molar-refractivity contribution < 1.29 is 14.3 Å². The van der Waals surface area contributed by atoms with Gasteiger partial charge in [0.2, 0.25) is 5.91 Å². The standard InChI is InChI=1S/C27H23NO3S/c1-2-31-27(30)22-18-23(19-12-6-3-7-13-19)32-26(22)28-25(29)24(20-14-8-4-9-15-20)21-16-10-5-11-17-21/h3-18,24H,2H2,1H3,(H,28,29). The molecular formula is C27H23NO3S. The average Bonchev–Trinajstić information content (AvgIpc) is 3.25. The lowest BCUT2D eigenvalue weighted by atomic mass is 9.90. The van der Waals surface area contributed by atoms with Gasteiger partial charge < -0.3 is 10.1 Å². The van der Waals surface area contributed by atoms with Crippen molar-refractivity contribution in [3.63, 3.8) is 0 Å². The molecule has 1 amide bonds. The molecule has 4 nitrogen and oxygen atoms in total. The molecule has 0 aliphatic carbocycles. The molecule has 0 radical (unpaired) electrons. The molecule has 1 heterocycles. The van der Waals surface area contributed by atoms with E-state index >= 15 is 0 Å². The van der Waals surface area contributed by atoms with E-state index < -0.39 is 11.9 Å². The molecule has 0 atom stereocenters. The van der Waals surface area contributed by atoms with Crippen molar-refractivity contribution in [2.24, 2.45) is 0 Å². The number of carbonyl (C=O) groups excluding carboxylic acids is 2. The fourth-order valence-electron chi connectivity index (χ4n) is 3.56. The number of thiophene rings is 1. The molecule has 160 valence electrons. The number of amides is 1. The van der Waals surface area contributed by atoms with E-state index in [1.54, 1.807) is 13.0 Å². The zero-order chi connectivity index (χ0) is 22.3. The summed E-state index contributed by atoms with van der Waals surface area (Å²) < 4.78 is 5.25. The van der Waals surface area contributed by atoms with Gasteiger partial charge in [-0.25, -0.2) is 4.79 Å². The van der Waals surface area contributed by atoms with Crippen molar-refractivity contribution in [2.75, 3.05) is 11.9 Å². The molecule has 4 rings (SSSR count). The number of esters is 1. The van der Waals surface area contributed by atoms with E-state index in [1.807, 2.05) is 91.0 Å². The van der Waals surface area contributed by atoms with Gasteiger partial charge in [0, 0.05) is 4.88 Å². The van der Waals surface area contributed by atoms with E-state index in [1.165, 1.54) is 11.3 Å². The topological polar surface area (TPSA) is 55.4 Å². The summed E-state index contributed by atoms with van der Waals surface area (Å²) in [7, 11) is 0. The van der Waals surface area contributed by atoms with Gasteiger partial charge in [0.05, 0.1) is 18.1 Å². The van der Waals surface area contributed by atoms with Crippen LogP contribution in [0.4, 0.5) is 5.00 Å². The lowest BCUT2D eigenvalue weighted by molar-refractivity contribution is -0.116. The molecule has 1 aromatic heterocycles. The summed E-state index contributed by atoms with van der Waals surface area (Å²) in [6, 6.07) is 30.8.